The van der Waals surface area contributed by atoms with Gasteiger partial charge in [0.1, 0.15) is 17.9 Å². The number of hydrogen-bond donors (Lipinski definition) is 2. The van der Waals surface area contributed by atoms with E-state index in [1.807, 2.05) is 43.4 Å². The van der Waals surface area contributed by atoms with Crippen molar-refractivity contribution >= 4 is 23.4 Å². The monoisotopic (exact) mass is 356 g/mol. The Balaban J connectivity index is 1.90. The Bertz CT molecular complexity index is 805. The SMILES string of the molecule is CC[C@H](C)N1C(=O)[C@@H]2[C@@H](C(C)C)[NH2+][C@@]3(C(=O)Nc4ccccc43)[C@@H]2C1=O. The fraction of sp³-hybridized carbons (Fsp3) is 0.550. The first-order valence-electron chi connectivity index (χ1n) is 9.48. The molecular weight excluding hydrogens is 330 g/mol. The van der Waals surface area contributed by atoms with Crippen molar-refractivity contribution in [1.82, 2.24) is 4.90 Å². The molecule has 3 amide bonds. The molecule has 1 spiro atoms. The Morgan fingerprint density at radius 1 is 1.15 bits per heavy atom. The summed E-state index contributed by atoms with van der Waals surface area (Å²) in [6, 6.07) is 7.29. The van der Waals surface area contributed by atoms with E-state index >= 15 is 0 Å². The van der Waals surface area contributed by atoms with Gasteiger partial charge < -0.3 is 10.6 Å². The highest BCUT2D eigenvalue weighted by Crippen LogP contribution is 2.50. The third-order valence-electron chi connectivity index (χ3n) is 6.54. The largest absolute Gasteiger partial charge is 0.326 e. The number of fused-ring (bicyclic) bond motifs is 4. The summed E-state index contributed by atoms with van der Waals surface area (Å²) in [7, 11) is 0. The molecule has 3 N–H and O–H groups in total. The van der Waals surface area contributed by atoms with Crippen LogP contribution >= 0.6 is 0 Å². The molecule has 3 aliphatic heterocycles. The number of amides is 3. The third kappa shape index (κ3) is 1.93. The standard InChI is InChI=1S/C20H25N3O3/c1-5-11(4)23-17(24)14-15(18(23)25)20(22-16(14)10(2)3)12-8-6-7-9-13(12)21-19(20)26/h6-11,14-16,22H,5H2,1-4H3,(H,21,26)/p+1/t11-,14-,15-,16+,20+/m0/s1. The van der Waals surface area contributed by atoms with Crippen molar-refractivity contribution in [3.8, 4) is 0 Å². The van der Waals surface area contributed by atoms with Crippen molar-refractivity contribution in [2.75, 3.05) is 5.32 Å². The molecule has 0 unspecified atom stereocenters. The molecule has 3 heterocycles. The van der Waals surface area contributed by atoms with Crippen LogP contribution in [0, 0.1) is 17.8 Å². The van der Waals surface area contributed by atoms with Crippen LogP contribution in [0.5, 0.6) is 0 Å². The lowest BCUT2D eigenvalue weighted by Crippen LogP contribution is -2.99. The first kappa shape index (κ1) is 17.2. The lowest BCUT2D eigenvalue weighted by atomic mass is 9.76. The Morgan fingerprint density at radius 2 is 1.85 bits per heavy atom. The lowest BCUT2D eigenvalue weighted by molar-refractivity contribution is -0.738. The Morgan fingerprint density at radius 3 is 2.50 bits per heavy atom. The van der Waals surface area contributed by atoms with Gasteiger partial charge in [0, 0.05) is 17.5 Å². The number of imide groups is 1. The topological polar surface area (TPSA) is 83.1 Å². The maximum atomic E-state index is 13.4. The first-order chi connectivity index (χ1) is 12.3. The van der Waals surface area contributed by atoms with Crippen molar-refractivity contribution < 1.29 is 19.7 Å². The number of anilines is 1. The molecule has 0 aliphatic carbocycles. The highest BCUT2D eigenvalue weighted by molar-refractivity contribution is 6.14. The molecule has 4 rings (SSSR count). The summed E-state index contributed by atoms with van der Waals surface area (Å²) in [5.41, 5.74) is 0.542. The van der Waals surface area contributed by atoms with Gasteiger partial charge in [0.15, 0.2) is 0 Å². The number of quaternary nitrogens is 1. The molecule has 2 saturated heterocycles. The molecule has 0 aromatic heterocycles. The van der Waals surface area contributed by atoms with Gasteiger partial charge >= 0.3 is 0 Å². The number of benzene rings is 1. The number of likely N-dealkylation sites (tertiary alicyclic amines) is 1. The molecule has 6 heteroatoms. The molecular formula is C20H26N3O3+. The minimum Gasteiger partial charge on any atom is -0.326 e. The minimum atomic E-state index is -1.04. The van der Waals surface area contributed by atoms with Gasteiger partial charge in [-0.1, -0.05) is 39.0 Å². The summed E-state index contributed by atoms with van der Waals surface area (Å²) in [5, 5.41) is 4.94. The molecule has 2 fully saturated rings. The average molecular weight is 356 g/mol. The summed E-state index contributed by atoms with van der Waals surface area (Å²) >= 11 is 0. The normalized spacial score (nSPS) is 33.8. The number of nitrogens with two attached hydrogens (primary N) is 1. The van der Waals surface area contributed by atoms with Gasteiger partial charge in [-0.3, -0.25) is 19.3 Å². The summed E-state index contributed by atoms with van der Waals surface area (Å²) in [4.78, 5) is 41.2. The van der Waals surface area contributed by atoms with Crippen molar-refractivity contribution in [2.45, 2.75) is 51.7 Å². The number of rotatable bonds is 3. The zero-order valence-electron chi connectivity index (χ0n) is 15.7. The number of nitrogens with zero attached hydrogens (tertiary/aromatic N) is 1. The van der Waals surface area contributed by atoms with E-state index in [9.17, 15) is 14.4 Å². The van der Waals surface area contributed by atoms with Crippen molar-refractivity contribution in [3.05, 3.63) is 29.8 Å². The summed E-state index contributed by atoms with van der Waals surface area (Å²) in [5.74, 6) is -1.40. The molecule has 3 aliphatic rings. The highest BCUT2D eigenvalue weighted by atomic mass is 16.2. The zero-order chi connectivity index (χ0) is 18.8. The Hall–Kier alpha value is -2.21. The third-order valence-corrected chi connectivity index (χ3v) is 6.54. The fourth-order valence-electron chi connectivity index (χ4n) is 5.09. The van der Waals surface area contributed by atoms with E-state index in [2.05, 4.69) is 19.2 Å². The number of carbonyl (C=O) groups excluding carboxylic acids is 3. The van der Waals surface area contributed by atoms with Crippen LogP contribution in [0.2, 0.25) is 0 Å². The molecule has 0 radical (unpaired) electrons. The van der Waals surface area contributed by atoms with Crippen LogP contribution in [0.25, 0.3) is 0 Å². The Kier molecular flexibility index (Phi) is 3.74. The number of carbonyl (C=O) groups is 3. The van der Waals surface area contributed by atoms with Gasteiger partial charge in [-0.2, -0.15) is 0 Å². The summed E-state index contributed by atoms with van der Waals surface area (Å²) in [6.07, 6.45) is 0.711. The van der Waals surface area contributed by atoms with Crippen LogP contribution in [0.3, 0.4) is 0 Å². The second-order valence-electron chi connectivity index (χ2n) is 8.16. The van der Waals surface area contributed by atoms with Gasteiger partial charge in [0.05, 0.1) is 5.69 Å². The second kappa shape index (κ2) is 5.64. The van der Waals surface area contributed by atoms with Crippen molar-refractivity contribution in [2.24, 2.45) is 17.8 Å². The number of para-hydroxylation sites is 1. The second-order valence-corrected chi connectivity index (χ2v) is 8.16. The molecule has 5 atom stereocenters. The molecule has 26 heavy (non-hydrogen) atoms. The van der Waals surface area contributed by atoms with Crippen LogP contribution in [0.4, 0.5) is 5.69 Å². The van der Waals surface area contributed by atoms with Gasteiger partial charge in [0.2, 0.25) is 17.4 Å². The van der Waals surface area contributed by atoms with E-state index in [-0.39, 0.29) is 35.7 Å². The van der Waals surface area contributed by atoms with Crippen molar-refractivity contribution in [3.63, 3.8) is 0 Å². The van der Waals surface area contributed by atoms with Gasteiger partial charge in [0.25, 0.3) is 5.91 Å². The molecule has 0 bridgehead atoms. The highest BCUT2D eigenvalue weighted by Gasteiger charge is 2.74. The fourth-order valence-corrected chi connectivity index (χ4v) is 5.09. The Labute approximate surface area is 153 Å². The maximum absolute atomic E-state index is 13.4. The molecule has 0 saturated carbocycles. The quantitative estimate of drug-likeness (QED) is 0.787. The van der Waals surface area contributed by atoms with Crippen LogP contribution in [0.1, 0.15) is 39.7 Å². The zero-order valence-corrected chi connectivity index (χ0v) is 15.7. The van der Waals surface area contributed by atoms with E-state index in [1.165, 1.54) is 4.90 Å². The predicted molar refractivity (Wildman–Crippen MR) is 95.9 cm³/mol. The lowest BCUT2D eigenvalue weighted by Gasteiger charge is -2.29. The maximum Gasteiger partial charge on any atom is 0.291 e. The summed E-state index contributed by atoms with van der Waals surface area (Å²) < 4.78 is 0. The number of hydrogen-bond acceptors (Lipinski definition) is 3. The van der Waals surface area contributed by atoms with E-state index in [0.29, 0.717) is 6.42 Å². The molecule has 1 aromatic carbocycles. The van der Waals surface area contributed by atoms with E-state index < -0.39 is 17.4 Å². The van der Waals surface area contributed by atoms with Gasteiger partial charge in [-0.05, 0) is 19.4 Å². The van der Waals surface area contributed by atoms with E-state index in [4.69, 9.17) is 0 Å². The summed E-state index contributed by atoms with van der Waals surface area (Å²) in [6.45, 7) is 7.98. The minimum absolute atomic E-state index is 0.0950. The average Bonchev–Trinajstić information content (AvgIpc) is 3.20. The van der Waals surface area contributed by atoms with E-state index in [1.54, 1.807) is 0 Å². The first-order valence-corrected chi connectivity index (χ1v) is 9.48. The van der Waals surface area contributed by atoms with Gasteiger partial charge in [-0.25, -0.2) is 0 Å². The molecule has 6 nitrogen and oxygen atoms in total. The smallest absolute Gasteiger partial charge is 0.291 e. The van der Waals surface area contributed by atoms with Crippen LogP contribution in [-0.2, 0) is 19.9 Å². The van der Waals surface area contributed by atoms with Crippen LogP contribution in [0.15, 0.2) is 24.3 Å². The molecule has 138 valence electrons. The number of nitrogens with one attached hydrogen (secondary N) is 1. The van der Waals surface area contributed by atoms with Crippen LogP contribution in [-0.4, -0.2) is 34.7 Å². The van der Waals surface area contributed by atoms with E-state index in [0.717, 1.165) is 11.3 Å². The predicted octanol–water partition coefficient (Wildman–Crippen LogP) is 0.835. The van der Waals surface area contributed by atoms with Crippen molar-refractivity contribution in [1.29, 1.82) is 0 Å². The van der Waals surface area contributed by atoms with Gasteiger partial charge in [-0.15, -0.1) is 0 Å². The van der Waals surface area contributed by atoms with Crippen LogP contribution < -0.4 is 10.6 Å². The molecule has 1 aromatic rings.